The summed E-state index contributed by atoms with van der Waals surface area (Å²) in [6.07, 6.45) is 8.11. The molecule has 17 heavy (non-hydrogen) atoms. The van der Waals surface area contributed by atoms with Crippen molar-refractivity contribution in [1.29, 1.82) is 0 Å². The minimum Gasteiger partial charge on any atom is -0.472 e. The number of hydrogen-bond donors (Lipinski definition) is 0. The molecule has 2 aromatic rings. The van der Waals surface area contributed by atoms with Crippen LogP contribution in [0.1, 0.15) is 24.8 Å². The second-order valence-electron chi connectivity index (χ2n) is 4.13. The van der Waals surface area contributed by atoms with Crippen molar-refractivity contribution < 1.29 is 4.42 Å². The highest BCUT2D eigenvalue weighted by Gasteiger charge is 2.07. The third-order valence-electron chi connectivity index (χ3n) is 2.84. The number of furan rings is 1. The third kappa shape index (κ3) is 3.22. The zero-order valence-electron chi connectivity index (χ0n) is 9.79. The molecular weight excluding hydrogens is 276 g/mol. The first-order valence-corrected chi connectivity index (χ1v) is 6.71. The molecule has 0 N–H and O–H groups in total. The number of hydrogen-bond acceptors (Lipinski definition) is 1. The monoisotopic (exact) mass is 291 g/mol. The average molecular weight is 292 g/mol. The van der Waals surface area contributed by atoms with Crippen LogP contribution in [-0.4, -0.2) is 0 Å². The van der Waals surface area contributed by atoms with Crippen LogP contribution in [0.4, 0.5) is 0 Å². The van der Waals surface area contributed by atoms with E-state index in [1.165, 1.54) is 29.5 Å². The molecule has 0 fully saturated rings. The Morgan fingerprint density at radius 3 is 2.53 bits per heavy atom. The molecule has 89 valence electrons. The average Bonchev–Trinajstić information content (AvgIpc) is 2.79. The fraction of sp³-hybridized carbons (Fsp3) is 0.267. The molecular formula is C15H16BrO. The van der Waals surface area contributed by atoms with Gasteiger partial charge >= 0.3 is 0 Å². The molecule has 0 spiro atoms. The van der Waals surface area contributed by atoms with E-state index >= 15 is 0 Å². The van der Waals surface area contributed by atoms with Crippen LogP contribution < -0.4 is 0 Å². The molecule has 0 atom stereocenters. The number of benzene rings is 1. The van der Waals surface area contributed by atoms with Gasteiger partial charge in [-0.05, 0) is 36.1 Å². The summed E-state index contributed by atoms with van der Waals surface area (Å²) >= 11 is 3.45. The number of aryl methyl sites for hydroxylation is 1. The Kier molecular flexibility index (Phi) is 4.43. The third-order valence-corrected chi connectivity index (χ3v) is 3.37. The van der Waals surface area contributed by atoms with Gasteiger partial charge in [-0.15, -0.1) is 0 Å². The summed E-state index contributed by atoms with van der Waals surface area (Å²) in [5.41, 5.74) is 3.72. The van der Waals surface area contributed by atoms with E-state index in [0.29, 0.717) is 0 Å². The van der Waals surface area contributed by atoms with Gasteiger partial charge in [0.15, 0.2) is 0 Å². The van der Waals surface area contributed by atoms with Gasteiger partial charge in [0.25, 0.3) is 0 Å². The van der Waals surface area contributed by atoms with Crippen LogP contribution in [0.2, 0.25) is 0 Å². The van der Waals surface area contributed by atoms with E-state index in [-0.39, 0.29) is 0 Å². The van der Waals surface area contributed by atoms with Crippen molar-refractivity contribution >= 4 is 15.9 Å². The zero-order valence-corrected chi connectivity index (χ0v) is 11.4. The van der Waals surface area contributed by atoms with Crippen LogP contribution >= 0.6 is 15.9 Å². The highest BCUT2D eigenvalue weighted by molar-refractivity contribution is 9.10. The first kappa shape index (κ1) is 12.4. The first-order valence-electron chi connectivity index (χ1n) is 5.91. The second-order valence-corrected chi connectivity index (χ2v) is 5.04. The molecule has 0 bridgehead atoms. The summed E-state index contributed by atoms with van der Waals surface area (Å²) < 4.78 is 6.43. The summed E-state index contributed by atoms with van der Waals surface area (Å²) in [6, 6.07) is 8.34. The van der Waals surface area contributed by atoms with Crippen LogP contribution in [0.5, 0.6) is 0 Å². The van der Waals surface area contributed by atoms with Gasteiger partial charge in [0, 0.05) is 10.0 Å². The van der Waals surface area contributed by atoms with E-state index in [1.54, 1.807) is 0 Å². The highest BCUT2D eigenvalue weighted by Crippen LogP contribution is 2.27. The normalized spacial score (nSPS) is 10.7. The SMILES string of the molecule is [CH2]CCCCc1cocc1-c1ccc(Br)cc1. The Morgan fingerprint density at radius 1 is 1.06 bits per heavy atom. The maximum atomic E-state index is 5.33. The lowest BCUT2D eigenvalue weighted by atomic mass is 10.0. The van der Waals surface area contributed by atoms with E-state index in [0.717, 1.165) is 17.3 Å². The number of rotatable bonds is 5. The second kappa shape index (κ2) is 6.06. The van der Waals surface area contributed by atoms with E-state index in [9.17, 15) is 0 Å². The van der Waals surface area contributed by atoms with Gasteiger partial charge in [-0.2, -0.15) is 0 Å². The quantitative estimate of drug-likeness (QED) is 0.685. The summed E-state index contributed by atoms with van der Waals surface area (Å²) in [5.74, 6) is 0. The molecule has 0 aliphatic heterocycles. The zero-order chi connectivity index (χ0) is 12.1. The van der Waals surface area contributed by atoms with Crippen molar-refractivity contribution in [3.05, 3.63) is 53.8 Å². The molecule has 1 heterocycles. The van der Waals surface area contributed by atoms with Gasteiger partial charge in [-0.3, -0.25) is 0 Å². The van der Waals surface area contributed by atoms with Crippen molar-refractivity contribution in [3.8, 4) is 11.1 Å². The van der Waals surface area contributed by atoms with E-state index < -0.39 is 0 Å². The van der Waals surface area contributed by atoms with Crippen LogP contribution in [0.3, 0.4) is 0 Å². The van der Waals surface area contributed by atoms with E-state index in [1.807, 2.05) is 12.5 Å². The maximum absolute atomic E-state index is 5.33. The molecule has 0 saturated carbocycles. The van der Waals surface area contributed by atoms with Gasteiger partial charge in [0.1, 0.15) is 0 Å². The Hall–Kier alpha value is -1.02. The summed E-state index contributed by atoms with van der Waals surface area (Å²) in [6.45, 7) is 3.87. The van der Waals surface area contributed by atoms with Crippen molar-refractivity contribution in [1.82, 2.24) is 0 Å². The number of halogens is 1. The molecule has 0 aliphatic rings. The lowest BCUT2D eigenvalue weighted by Gasteiger charge is -2.03. The van der Waals surface area contributed by atoms with Crippen molar-refractivity contribution in [2.75, 3.05) is 0 Å². The molecule has 2 rings (SSSR count). The van der Waals surface area contributed by atoms with Gasteiger partial charge in [0.05, 0.1) is 12.5 Å². The standard InChI is InChI=1S/C15H16BrO/c1-2-3-4-5-13-10-17-11-15(13)12-6-8-14(16)9-7-12/h6-11H,1-5H2. The Morgan fingerprint density at radius 2 is 1.82 bits per heavy atom. The van der Waals surface area contributed by atoms with Crippen molar-refractivity contribution in [2.45, 2.75) is 25.7 Å². The molecule has 2 heteroatoms. The molecule has 1 nitrogen and oxygen atoms in total. The Bertz CT molecular complexity index is 456. The van der Waals surface area contributed by atoms with Gasteiger partial charge in [0.2, 0.25) is 0 Å². The minimum absolute atomic E-state index is 1.01. The van der Waals surface area contributed by atoms with Crippen LogP contribution in [-0.2, 0) is 6.42 Å². The number of unbranched alkanes of at least 4 members (excludes halogenated alkanes) is 2. The largest absolute Gasteiger partial charge is 0.472 e. The summed E-state index contributed by atoms with van der Waals surface area (Å²) in [4.78, 5) is 0. The van der Waals surface area contributed by atoms with E-state index in [2.05, 4.69) is 47.1 Å². The molecule has 1 aromatic carbocycles. The predicted molar refractivity (Wildman–Crippen MR) is 74.8 cm³/mol. The fourth-order valence-electron chi connectivity index (χ4n) is 1.89. The molecule has 0 unspecified atom stereocenters. The summed E-state index contributed by atoms with van der Waals surface area (Å²) in [7, 11) is 0. The van der Waals surface area contributed by atoms with Gasteiger partial charge < -0.3 is 4.42 Å². The van der Waals surface area contributed by atoms with Crippen LogP contribution in [0.15, 0.2) is 45.7 Å². The molecule has 1 radical (unpaired) electrons. The maximum Gasteiger partial charge on any atom is 0.0983 e. The first-order chi connectivity index (χ1) is 8.31. The Labute approximate surface area is 111 Å². The smallest absolute Gasteiger partial charge is 0.0983 e. The lowest BCUT2D eigenvalue weighted by molar-refractivity contribution is 0.563. The van der Waals surface area contributed by atoms with E-state index in [4.69, 9.17) is 4.42 Å². The van der Waals surface area contributed by atoms with Gasteiger partial charge in [-0.25, -0.2) is 0 Å². The van der Waals surface area contributed by atoms with Crippen LogP contribution in [0.25, 0.3) is 11.1 Å². The Balaban J connectivity index is 2.15. The molecule has 0 aliphatic carbocycles. The molecule has 0 saturated heterocycles. The van der Waals surface area contributed by atoms with Gasteiger partial charge in [-0.1, -0.05) is 47.8 Å². The topological polar surface area (TPSA) is 13.1 Å². The fourth-order valence-corrected chi connectivity index (χ4v) is 2.16. The highest BCUT2D eigenvalue weighted by atomic mass is 79.9. The lowest BCUT2D eigenvalue weighted by Crippen LogP contribution is -1.86. The molecule has 1 aromatic heterocycles. The summed E-state index contributed by atoms with van der Waals surface area (Å²) in [5, 5.41) is 0. The van der Waals surface area contributed by atoms with Crippen molar-refractivity contribution in [3.63, 3.8) is 0 Å². The van der Waals surface area contributed by atoms with Crippen LogP contribution in [0, 0.1) is 6.92 Å². The van der Waals surface area contributed by atoms with Crippen molar-refractivity contribution in [2.24, 2.45) is 0 Å². The molecule has 0 amide bonds. The predicted octanol–water partition coefficient (Wildman–Crippen LogP) is 5.26. The minimum atomic E-state index is 1.01.